The number of fused-ring (bicyclic) bond motifs is 1. The number of anilines is 2. The van der Waals surface area contributed by atoms with Gasteiger partial charge in [-0.25, -0.2) is 4.98 Å². The molecule has 0 radical (unpaired) electrons. The summed E-state index contributed by atoms with van der Waals surface area (Å²) < 4.78 is 5.74. The summed E-state index contributed by atoms with van der Waals surface area (Å²) in [7, 11) is 2.07. The second-order valence-electron chi connectivity index (χ2n) is 8.33. The lowest BCUT2D eigenvalue weighted by Crippen LogP contribution is -2.38. The topological polar surface area (TPSA) is 105 Å². The first-order chi connectivity index (χ1) is 13.9. The molecule has 3 atom stereocenters. The monoisotopic (exact) mass is 403 g/mol. The molecule has 0 saturated carbocycles. The molecule has 0 spiro atoms. The highest BCUT2D eigenvalue weighted by Crippen LogP contribution is 2.33. The summed E-state index contributed by atoms with van der Waals surface area (Å²) in [6.07, 6.45) is 1.86. The van der Waals surface area contributed by atoms with Crippen LogP contribution >= 0.6 is 0 Å². The summed E-state index contributed by atoms with van der Waals surface area (Å²) in [6.45, 7) is 7.10. The second-order valence-corrected chi connectivity index (χ2v) is 8.33. The number of pyridine rings is 1. The van der Waals surface area contributed by atoms with E-state index in [4.69, 9.17) is 9.72 Å². The van der Waals surface area contributed by atoms with Crippen LogP contribution in [0.15, 0.2) is 0 Å². The van der Waals surface area contributed by atoms with Crippen molar-refractivity contribution in [2.24, 2.45) is 0 Å². The molecule has 0 aliphatic carbocycles. The number of aliphatic hydroxyl groups excluding tert-OH is 2. The van der Waals surface area contributed by atoms with Crippen molar-refractivity contribution in [3.05, 3.63) is 16.7 Å². The molecule has 3 heterocycles. The first kappa shape index (κ1) is 21.8. The van der Waals surface area contributed by atoms with E-state index in [0.29, 0.717) is 31.0 Å². The number of nitriles is 1. The minimum atomic E-state index is -0.604. The van der Waals surface area contributed by atoms with Gasteiger partial charge < -0.3 is 30.1 Å². The van der Waals surface area contributed by atoms with E-state index in [1.54, 1.807) is 13.8 Å². The molecule has 3 N–H and O–H groups in total. The smallest absolute Gasteiger partial charge is 0.149 e. The molecule has 2 aliphatic heterocycles. The molecule has 1 saturated heterocycles. The number of nitrogens with zero attached hydrogens (tertiary/aromatic N) is 4. The third-order valence-corrected chi connectivity index (χ3v) is 5.47. The van der Waals surface area contributed by atoms with Crippen LogP contribution in [0.2, 0.25) is 0 Å². The summed E-state index contributed by atoms with van der Waals surface area (Å²) in [5.74, 6) is 1.31. The Hall–Kier alpha value is -1.92. The van der Waals surface area contributed by atoms with Crippen molar-refractivity contribution >= 4 is 11.6 Å². The number of rotatable bonds is 8. The highest BCUT2D eigenvalue weighted by Gasteiger charge is 2.28. The zero-order valence-corrected chi connectivity index (χ0v) is 17.7. The van der Waals surface area contributed by atoms with E-state index in [2.05, 4.69) is 23.3 Å². The lowest BCUT2D eigenvalue weighted by Gasteiger charge is -2.32. The van der Waals surface area contributed by atoms with E-state index in [-0.39, 0.29) is 6.10 Å². The van der Waals surface area contributed by atoms with Crippen LogP contribution in [-0.2, 0) is 17.7 Å². The number of hydrogen-bond acceptors (Lipinski definition) is 8. The van der Waals surface area contributed by atoms with Gasteiger partial charge in [-0.2, -0.15) is 5.26 Å². The number of hydrogen-bond donors (Lipinski definition) is 3. The Morgan fingerprint density at radius 3 is 2.62 bits per heavy atom. The third kappa shape index (κ3) is 5.37. The fourth-order valence-electron chi connectivity index (χ4n) is 4.15. The standard InChI is InChI=1S/C21H33N5O3/c1-14(27)11-26(12-15(2)28)21-18(9-22)17-6-7-25(3)13-19(17)20(24-21)23-10-16-5-4-8-29-16/h14-16,27-28H,4-8,10-13H2,1-3H3,(H,23,24). The third-order valence-electron chi connectivity index (χ3n) is 5.47. The number of aromatic nitrogens is 1. The summed E-state index contributed by atoms with van der Waals surface area (Å²) in [5.41, 5.74) is 2.63. The molecule has 160 valence electrons. The lowest BCUT2D eigenvalue weighted by atomic mass is 9.95. The molecule has 0 bridgehead atoms. The molecular formula is C21H33N5O3. The number of likely N-dealkylation sites (N-methyl/N-ethyl adjacent to an activating group) is 1. The Morgan fingerprint density at radius 1 is 1.31 bits per heavy atom. The number of nitrogens with one attached hydrogen (secondary N) is 1. The zero-order chi connectivity index (χ0) is 21.0. The van der Waals surface area contributed by atoms with E-state index >= 15 is 0 Å². The van der Waals surface area contributed by atoms with Gasteiger partial charge in [-0.05, 0) is 45.7 Å². The summed E-state index contributed by atoms with van der Waals surface area (Å²) in [4.78, 5) is 8.90. The molecule has 8 nitrogen and oxygen atoms in total. The molecule has 1 fully saturated rings. The van der Waals surface area contributed by atoms with E-state index in [1.165, 1.54) is 0 Å². The molecule has 1 aromatic heterocycles. The van der Waals surface area contributed by atoms with Crippen molar-refractivity contribution in [2.45, 2.75) is 58.0 Å². The summed E-state index contributed by atoms with van der Waals surface area (Å²) in [6, 6.07) is 2.35. The molecule has 3 rings (SSSR count). The second kappa shape index (κ2) is 9.72. The van der Waals surface area contributed by atoms with Crippen LogP contribution in [0, 0.1) is 11.3 Å². The van der Waals surface area contributed by atoms with Crippen molar-refractivity contribution in [1.29, 1.82) is 5.26 Å². The van der Waals surface area contributed by atoms with Gasteiger partial charge in [-0.1, -0.05) is 0 Å². The summed E-state index contributed by atoms with van der Waals surface area (Å²) in [5, 5.41) is 33.4. The van der Waals surface area contributed by atoms with Crippen LogP contribution in [0.1, 0.15) is 43.4 Å². The molecule has 2 aliphatic rings. The van der Waals surface area contributed by atoms with Crippen LogP contribution < -0.4 is 10.2 Å². The highest BCUT2D eigenvalue weighted by molar-refractivity contribution is 5.67. The molecular weight excluding hydrogens is 370 g/mol. The van der Waals surface area contributed by atoms with E-state index in [1.807, 2.05) is 4.90 Å². The van der Waals surface area contributed by atoms with Crippen molar-refractivity contribution in [1.82, 2.24) is 9.88 Å². The van der Waals surface area contributed by atoms with Gasteiger partial charge in [0.25, 0.3) is 0 Å². The maximum atomic E-state index is 9.98. The Bertz CT molecular complexity index is 731. The van der Waals surface area contributed by atoms with Gasteiger partial charge in [0.1, 0.15) is 17.7 Å². The highest BCUT2D eigenvalue weighted by atomic mass is 16.5. The van der Waals surface area contributed by atoms with Gasteiger partial charge in [-0.3, -0.25) is 0 Å². The van der Waals surface area contributed by atoms with Gasteiger partial charge in [-0.15, -0.1) is 0 Å². The van der Waals surface area contributed by atoms with Crippen LogP contribution in [0.3, 0.4) is 0 Å². The zero-order valence-electron chi connectivity index (χ0n) is 17.7. The average Bonchev–Trinajstić information content (AvgIpc) is 3.17. The first-order valence-electron chi connectivity index (χ1n) is 10.5. The van der Waals surface area contributed by atoms with E-state index in [0.717, 1.165) is 55.9 Å². The number of ether oxygens (including phenoxy) is 1. The van der Waals surface area contributed by atoms with Crippen LogP contribution in [0.5, 0.6) is 0 Å². The van der Waals surface area contributed by atoms with Crippen LogP contribution in [0.25, 0.3) is 0 Å². The van der Waals surface area contributed by atoms with Crippen molar-refractivity contribution < 1.29 is 14.9 Å². The van der Waals surface area contributed by atoms with Crippen LogP contribution in [-0.4, -0.2) is 78.2 Å². The van der Waals surface area contributed by atoms with E-state index < -0.39 is 12.2 Å². The molecule has 3 unspecified atom stereocenters. The van der Waals surface area contributed by atoms with Crippen molar-refractivity contribution in [3.63, 3.8) is 0 Å². The van der Waals surface area contributed by atoms with E-state index in [9.17, 15) is 15.5 Å². The average molecular weight is 404 g/mol. The predicted molar refractivity (Wildman–Crippen MR) is 112 cm³/mol. The molecule has 0 amide bonds. The SMILES string of the molecule is CC(O)CN(CC(C)O)c1nc(NCC2CCCO2)c2c(c1C#N)CCN(C)C2. The molecule has 1 aromatic rings. The molecule has 0 aromatic carbocycles. The maximum absolute atomic E-state index is 9.98. The van der Waals surface area contributed by atoms with Gasteiger partial charge >= 0.3 is 0 Å². The Kier molecular flexibility index (Phi) is 7.30. The fraction of sp³-hybridized carbons (Fsp3) is 0.714. The van der Waals surface area contributed by atoms with Gasteiger partial charge in [0.15, 0.2) is 0 Å². The first-order valence-corrected chi connectivity index (χ1v) is 10.5. The molecule has 8 heteroatoms. The maximum Gasteiger partial charge on any atom is 0.149 e. The Balaban J connectivity index is 2.01. The van der Waals surface area contributed by atoms with Crippen LogP contribution in [0.4, 0.5) is 11.6 Å². The minimum absolute atomic E-state index is 0.180. The van der Waals surface area contributed by atoms with Gasteiger partial charge in [0.2, 0.25) is 0 Å². The van der Waals surface area contributed by atoms with Gasteiger partial charge in [0, 0.05) is 44.9 Å². The number of aliphatic hydroxyl groups is 2. The van der Waals surface area contributed by atoms with Gasteiger partial charge in [0.05, 0.1) is 23.9 Å². The lowest BCUT2D eigenvalue weighted by molar-refractivity contribution is 0.120. The summed E-state index contributed by atoms with van der Waals surface area (Å²) >= 11 is 0. The Morgan fingerprint density at radius 2 is 2.03 bits per heavy atom. The minimum Gasteiger partial charge on any atom is -0.392 e. The largest absolute Gasteiger partial charge is 0.392 e. The van der Waals surface area contributed by atoms with Crippen molar-refractivity contribution in [2.75, 3.05) is 50.1 Å². The quantitative estimate of drug-likeness (QED) is 0.593. The normalized spacial score (nSPS) is 21.3. The molecule has 29 heavy (non-hydrogen) atoms. The Labute approximate surface area is 173 Å². The predicted octanol–water partition coefficient (Wildman–Crippen LogP) is 1.10. The fourth-order valence-corrected chi connectivity index (χ4v) is 4.15. The van der Waals surface area contributed by atoms with Crippen molar-refractivity contribution in [3.8, 4) is 6.07 Å².